The lowest BCUT2D eigenvalue weighted by molar-refractivity contribution is -0.133. The summed E-state index contributed by atoms with van der Waals surface area (Å²) >= 11 is 0. The molecule has 1 aromatic carbocycles. The van der Waals surface area contributed by atoms with Crippen LogP contribution in [0.15, 0.2) is 23.1 Å². The highest BCUT2D eigenvalue weighted by Crippen LogP contribution is 2.27. The number of likely N-dealkylation sites (N-methyl/N-ethyl adjacent to an activating group) is 1. The maximum atomic E-state index is 13.9. The van der Waals surface area contributed by atoms with Crippen LogP contribution >= 0.6 is 0 Å². The fourth-order valence-corrected chi connectivity index (χ4v) is 4.81. The van der Waals surface area contributed by atoms with Gasteiger partial charge in [0.05, 0.1) is 6.67 Å². The zero-order chi connectivity index (χ0) is 20.9. The Bertz CT molecular complexity index is 893. The summed E-state index contributed by atoms with van der Waals surface area (Å²) in [6, 6.07) is 2.48. The molecule has 3 amide bonds. The van der Waals surface area contributed by atoms with Crippen molar-refractivity contribution in [1.82, 2.24) is 19.0 Å². The number of nitrogens with zero attached hydrogens (tertiary/aromatic N) is 4. The van der Waals surface area contributed by atoms with Gasteiger partial charge < -0.3 is 4.90 Å². The van der Waals surface area contributed by atoms with E-state index in [4.69, 9.17) is 0 Å². The molecule has 8 nitrogen and oxygen atoms in total. The Morgan fingerprint density at radius 1 is 1.04 bits per heavy atom. The molecular formula is C17H22F2N4O4S. The first-order valence-corrected chi connectivity index (χ1v) is 10.2. The predicted octanol–water partition coefficient (Wildman–Crippen LogP) is 0.901. The van der Waals surface area contributed by atoms with Crippen molar-refractivity contribution in [1.29, 1.82) is 0 Å². The monoisotopic (exact) mass is 416 g/mol. The number of carbonyl (C=O) groups is 2. The van der Waals surface area contributed by atoms with Crippen molar-refractivity contribution >= 4 is 22.0 Å². The fraction of sp³-hybridized carbons (Fsp3) is 0.529. The lowest BCUT2D eigenvalue weighted by atomic mass is 10.1. The van der Waals surface area contributed by atoms with Gasteiger partial charge in [0.1, 0.15) is 17.2 Å². The molecule has 0 spiro atoms. The molecule has 1 aromatic rings. The Hall–Kier alpha value is -2.11. The number of halogens is 2. The number of sulfonamides is 1. The van der Waals surface area contributed by atoms with Gasteiger partial charge in [-0.1, -0.05) is 6.07 Å². The summed E-state index contributed by atoms with van der Waals surface area (Å²) in [7, 11) is -2.77. The number of urea groups is 1. The standard InChI is InChI=1S/C17H22F2N4O4S/c1-17(2)15(24)23(16(25)20(17)3)11-21-7-9-22(10-8-21)28(26,27)14-12(18)5-4-6-13(14)19/h4-6H,7-11H2,1-3H3. The molecule has 0 radical (unpaired) electrons. The van der Waals surface area contributed by atoms with Gasteiger partial charge in [-0.25, -0.2) is 26.9 Å². The van der Waals surface area contributed by atoms with E-state index >= 15 is 0 Å². The lowest BCUT2D eigenvalue weighted by Gasteiger charge is -2.35. The van der Waals surface area contributed by atoms with Crippen LogP contribution in [0.5, 0.6) is 0 Å². The third kappa shape index (κ3) is 3.27. The van der Waals surface area contributed by atoms with E-state index in [2.05, 4.69) is 0 Å². The zero-order valence-electron chi connectivity index (χ0n) is 15.9. The minimum atomic E-state index is -4.32. The van der Waals surface area contributed by atoms with E-state index in [1.54, 1.807) is 25.8 Å². The van der Waals surface area contributed by atoms with Crippen LogP contribution in [0, 0.1) is 11.6 Å². The number of amides is 3. The Kier molecular flexibility index (Phi) is 5.19. The maximum Gasteiger partial charge on any atom is 0.328 e. The number of benzene rings is 1. The predicted molar refractivity (Wildman–Crippen MR) is 95.6 cm³/mol. The number of imide groups is 1. The first-order valence-electron chi connectivity index (χ1n) is 8.74. The summed E-state index contributed by atoms with van der Waals surface area (Å²) in [5.41, 5.74) is -0.940. The van der Waals surface area contributed by atoms with Gasteiger partial charge in [-0.3, -0.25) is 9.69 Å². The van der Waals surface area contributed by atoms with Crippen LogP contribution in [0.2, 0.25) is 0 Å². The van der Waals surface area contributed by atoms with E-state index in [9.17, 15) is 26.8 Å². The molecule has 0 atom stereocenters. The molecular weight excluding hydrogens is 394 g/mol. The fourth-order valence-electron chi connectivity index (χ4n) is 3.27. The summed E-state index contributed by atoms with van der Waals surface area (Å²) in [6.07, 6.45) is 0. The highest BCUT2D eigenvalue weighted by molar-refractivity contribution is 7.89. The van der Waals surface area contributed by atoms with Gasteiger partial charge in [0.15, 0.2) is 4.90 Å². The molecule has 11 heteroatoms. The molecule has 2 fully saturated rings. The van der Waals surface area contributed by atoms with Gasteiger partial charge in [-0.05, 0) is 26.0 Å². The number of hydrogen-bond donors (Lipinski definition) is 0. The number of piperazine rings is 1. The summed E-state index contributed by atoms with van der Waals surface area (Å²) in [6.45, 7) is 3.76. The second kappa shape index (κ2) is 7.05. The molecule has 0 unspecified atom stereocenters. The Labute approximate surface area is 162 Å². The quantitative estimate of drug-likeness (QED) is 0.682. The lowest BCUT2D eigenvalue weighted by Crippen LogP contribution is -2.53. The van der Waals surface area contributed by atoms with E-state index in [0.717, 1.165) is 27.4 Å². The van der Waals surface area contributed by atoms with Gasteiger partial charge >= 0.3 is 6.03 Å². The zero-order valence-corrected chi connectivity index (χ0v) is 16.7. The first-order chi connectivity index (χ1) is 13.0. The Morgan fingerprint density at radius 3 is 2.04 bits per heavy atom. The first kappa shape index (κ1) is 20.6. The average Bonchev–Trinajstić information content (AvgIpc) is 2.77. The maximum absolute atomic E-state index is 13.9. The van der Waals surface area contributed by atoms with E-state index in [0.29, 0.717) is 0 Å². The summed E-state index contributed by atoms with van der Waals surface area (Å²) < 4.78 is 54.0. The molecule has 28 heavy (non-hydrogen) atoms. The van der Waals surface area contributed by atoms with Crippen molar-refractivity contribution in [3.05, 3.63) is 29.8 Å². The summed E-state index contributed by atoms with van der Waals surface area (Å²) in [5, 5.41) is 0. The van der Waals surface area contributed by atoms with Gasteiger partial charge in [0.25, 0.3) is 5.91 Å². The van der Waals surface area contributed by atoms with Crippen LogP contribution in [0.1, 0.15) is 13.8 Å². The smallest absolute Gasteiger partial charge is 0.313 e. The van der Waals surface area contributed by atoms with Crippen LogP contribution in [0.4, 0.5) is 13.6 Å². The van der Waals surface area contributed by atoms with Gasteiger partial charge in [-0.2, -0.15) is 4.31 Å². The van der Waals surface area contributed by atoms with Crippen molar-refractivity contribution < 1.29 is 26.8 Å². The molecule has 2 aliphatic heterocycles. The van der Waals surface area contributed by atoms with E-state index < -0.39 is 38.1 Å². The van der Waals surface area contributed by atoms with E-state index in [-0.39, 0.29) is 38.8 Å². The average molecular weight is 416 g/mol. The SMILES string of the molecule is CN1C(=O)N(CN2CCN(S(=O)(=O)c3c(F)cccc3F)CC2)C(=O)C1(C)C. The van der Waals surface area contributed by atoms with Crippen LogP contribution in [0.25, 0.3) is 0 Å². The topological polar surface area (TPSA) is 81.2 Å². The van der Waals surface area contributed by atoms with Crippen molar-refractivity contribution in [3.63, 3.8) is 0 Å². The molecule has 0 aliphatic carbocycles. The molecule has 2 aliphatic rings. The second-order valence-corrected chi connectivity index (χ2v) is 9.22. The number of hydrogen-bond acceptors (Lipinski definition) is 5. The third-order valence-electron chi connectivity index (χ3n) is 5.31. The highest BCUT2D eigenvalue weighted by Gasteiger charge is 2.49. The minimum Gasteiger partial charge on any atom is -0.313 e. The molecule has 2 saturated heterocycles. The van der Waals surface area contributed by atoms with E-state index in [1.807, 2.05) is 0 Å². The molecule has 154 valence electrons. The van der Waals surface area contributed by atoms with Gasteiger partial charge in [0, 0.05) is 33.2 Å². The Balaban J connectivity index is 1.68. The van der Waals surface area contributed by atoms with Crippen molar-refractivity contribution in [2.75, 3.05) is 39.9 Å². The number of rotatable bonds is 4. The molecule has 3 rings (SSSR count). The third-order valence-corrected chi connectivity index (χ3v) is 7.27. The minimum absolute atomic E-state index is 0.00837. The largest absolute Gasteiger partial charge is 0.328 e. The molecule has 0 saturated carbocycles. The van der Waals surface area contributed by atoms with Crippen LogP contribution in [0.3, 0.4) is 0 Å². The molecule has 0 bridgehead atoms. The van der Waals surface area contributed by atoms with Crippen molar-refractivity contribution in [3.8, 4) is 0 Å². The van der Waals surface area contributed by atoms with Crippen molar-refractivity contribution in [2.45, 2.75) is 24.3 Å². The number of carbonyl (C=O) groups excluding carboxylic acids is 2. The normalized spacial score (nSPS) is 21.6. The van der Waals surface area contributed by atoms with Crippen LogP contribution in [-0.4, -0.2) is 84.8 Å². The second-order valence-electron chi connectivity index (χ2n) is 7.35. The molecule has 0 aromatic heterocycles. The van der Waals surface area contributed by atoms with Crippen molar-refractivity contribution in [2.24, 2.45) is 0 Å². The van der Waals surface area contributed by atoms with Crippen LogP contribution in [-0.2, 0) is 14.8 Å². The summed E-state index contributed by atoms with van der Waals surface area (Å²) in [5.74, 6) is -2.61. The van der Waals surface area contributed by atoms with E-state index in [1.165, 1.54) is 4.90 Å². The van der Waals surface area contributed by atoms with Gasteiger partial charge in [-0.15, -0.1) is 0 Å². The highest BCUT2D eigenvalue weighted by atomic mass is 32.2. The molecule has 0 N–H and O–H groups in total. The van der Waals surface area contributed by atoms with Gasteiger partial charge in [0.2, 0.25) is 10.0 Å². The Morgan fingerprint density at radius 2 is 1.57 bits per heavy atom. The summed E-state index contributed by atoms with van der Waals surface area (Å²) in [4.78, 5) is 28.0. The van der Waals surface area contributed by atoms with Crippen LogP contribution < -0.4 is 0 Å². The molecule has 2 heterocycles.